The Kier molecular flexibility index (Phi) is 4.23. The van der Waals surface area contributed by atoms with E-state index in [4.69, 9.17) is 10.5 Å². The second-order valence-corrected chi connectivity index (χ2v) is 8.96. The van der Waals surface area contributed by atoms with Crippen LogP contribution >= 0.6 is 0 Å². The monoisotopic (exact) mass is 304 g/mol. The molecule has 5 heteroatoms. The Bertz CT molecular complexity index is 682. The van der Waals surface area contributed by atoms with Crippen LogP contribution in [0.5, 0.6) is 0 Å². The van der Waals surface area contributed by atoms with Gasteiger partial charge < -0.3 is 0 Å². The molecule has 4 nitrogen and oxygen atoms in total. The van der Waals surface area contributed by atoms with Crippen LogP contribution in [0, 0.1) is 33.5 Å². The fourth-order valence-corrected chi connectivity index (χ4v) is 4.55. The van der Waals surface area contributed by atoms with Gasteiger partial charge in [-0.1, -0.05) is 41.5 Å². The molecule has 0 saturated carbocycles. The van der Waals surface area contributed by atoms with Gasteiger partial charge in [0, 0.05) is 5.57 Å². The molecule has 0 atom stereocenters. The first-order chi connectivity index (χ1) is 9.35. The lowest BCUT2D eigenvalue weighted by Crippen LogP contribution is -2.28. The maximum absolute atomic E-state index is 12.8. The van der Waals surface area contributed by atoms with E-state index in [0.29, 0.717) is 5.57 Å². The predicted octanol–water partition coefficient (Wildman–Crippen LogP) is 3.62. The highest BCUT2D eigenvalue weighted by molar-refractivity contribution is 7.99. The van der Waals surface area contributed by atoms with Crippen LogP contribution in [-0.4, -0.2) is 8.42 Å². The molecule has 1 aliphatic rings. The summed E-state index contributed by atoms with van der Waals surface area (Å²) in [4.78, 5) is 0.473. The summed E-state index contributed by atoms with van der Waals surface area (Å²) >= 11 is 0. The third kappa shape index (κ3) is 3.25. The first-order valence-corrected chi connectivity index (χ1v) is 8.08. The van der Waals surface area contributed by atoms with Crippen molar-refractivity contribution < 1.29 is 8.42 Å². The summed E-state index contributed by atoms with van der Waals surface area (Å²) in [6.07, 6.45) is 2.90. The highest BCUT2D eigenvalue weighted by atomic mass is 32.2. The van der Waals surface area contributed by atoms with Crippen molar-refractivity contribution in [1.82, 2.24) is 0 Å². The van der Waals surface area contributed by atoms with Crippen molar-refractivity contribution in [2.45, 2.75) is 41.5 Å². The van der Waals surface area contributed by atoms with Crippen LogP contribution in [0.15, 0.2) is 33.1 Å². The van der Waals surface area contributed by atoms with Gasteiger partial charge in [0.05, 0.1) is 9.81 Å². The molecular weight excluding hydrogens is 284 g/mol. The van der Waals surface area contributed by atoms with Crippen LogP contribution in [0.3, 0.4) is 0 Å². The number of hydrogen-bond donors (Lipinski definition) is 0. The third-order valence-electron chi connectivity index (χ3n) is 3.14. The molecule has 0 aromatic carbocycles. The average molecular weight is 304 g/mol. The van der Waals surface area contributed by atoms with Crippen molar-refractivity contribution in [3.8, 4) is 12.1 Å². The Hall–Kier alpha value is -1.85. The minimum atomic E-state index is -3.59. The van der Waals surface area contributed by atoms with Gasteiger partial charge in [0.1, 0.15) is 17.7 Å². The van der Waals surface area contributed by atoms with Crippen LogP contribution in [-0.2, 0) is 9.84 Å². The van der Waals surface area contributed by atoms with E-state index in [0.717, 1.165) is 0 Å². The molecule has 1 rings (SSSR count). The Morgan fingerprint density at radius 1 is 0.905 bits per heavy atom. The van der Waals surface area contributed by atoms with E-state index in [1.807, 2.05) is 12.1 Å². The zero-order valence-electron chi connectivity index (χ0n) is 13.3. The second kappa shape index (κ2) is 5.16. The predicted molar refractivity (Wildman–Crippen MR) is 82.2 cm³/mol. The number of hydrogen-bond acceptors (Lipinski definition) is 4. The number of allylic oxidation sites excluding steroid dienone is 6. The van der Waals surface area contributed by atoms with Crippen molar-refractivity contribution in [1.29, 1.82) is 10.5 Å². The molecule has 0 amide bonds. The van der Waals surface area contributed by atoms with E-state index < -0.39 is 20.7 Å². The van der Waals surface area contributed by atoms with Crippen molar-refractivity contribution in [3.63, 3.8) is 0 Å². The average Bonchev–Trinajstić information content (AvgIpc) is 2.28. The standard InChI is InChI=1S/C16H20N2O2S/c1-15(2,3)13-7-11(12(9-17)10-18)8-14(16(4,5)6)21(13,19)20/h7-8H,1-6H3. The molecule has 0 N–H and O–H groups in total. The van der Waals surface area contributed by atoms with E-state index in [1.165, 1.54) is 12.2 Å². The van der Waals surface area contributed by atoms with E-state index in [9.17, 15) is 8.42 Å². The topological polar surface area (TPSA) is 81.7 Å². The molecule has 0 aliphatic carbocycles. The zero-order chi connectivity index (χ0) is 16.6. The normalized spacial score (nSPS) is 18.2. The Morgan fingerprint density at radius 3 is 1.48 bits per heavy atom. The van der Waals surface area contributed by atoms with Gasteiger partial charge in [0.15, 0.2) is 9.84 Å². The first-order valence-electron chi connectivity index (χ1n) is 6.59. The largest absolute Gasteiger partial charge is 0.219 e. The lowest BCUT2D eigenvalue weighted by Gasteiger charge is -2.32. The number of rotatable bonds is 0. The molecule has 0 fully saturated rings. The van der Waals surface area contributed by atoms with Crippen LogP contribution in [0.2, 0.25) is 0 Å². The lowest BCUT2D eigenvalue weighted by atomic mass is 9.91. The minimum Gasteiger partial charge on any atom is -0.219 e. The van der Waals surface area contributed by atoms with Gasteiger partial charge in [-0.2, -0.15) is 10.5 Å². The summed E-state index contributed by atoms with van der Waals surface area (Å²) in [5.41, 5.74) is -0.923. The van der Waals surface area contributed by atoms with Gasteiger partial charge in [-0.05, 0) is 23.0 Å². The fourth-order valence-electron chi connectivity index (χ4n) is 2.14. The summed E-state index contributed by atoms with van der Waals surface area (Å²) in [7, 11) is -3.59. The maximum Gasteiger partial charge on any atom is 0.200 e. The highest BCUT2D eigenvalue weighted by Crippen LogP contribution is 2.44. The lowest BCUT2D eigenvalue weighted by molar-refractivity contribution is 0.493. The molecule has 112 valence electrons. The first kappa shape index (κ1) is 17.2. The fraction of sp³-hybridized carbons (Fsp3) is 0.500. The van der Waals surface area contributed by atoms with Crippen molar-refractivity contribution in [2.24, 2.45) is 10.8 Å². The van der Waals surface area contributed by atoms with Gasteiger partial charge >= 0.3 is 0 Å². The van der Waals surface area contributed by atoms with Crippen LogP contribution < -0.4 is 0 Å². The molecule has 1 heterocycles. The summed E-state index contributed by atoms with van der Waals surface area (Å²) in [5.74, 6) is 0. The minimum absolute atomic E-state index is 0.0756. The Labute approximate surface area is 127 Å². The van der Waals surface area contributed by atoms with Crippen molar-refractivity contribution in [2.75, 3.05) is 0 Å². The summed E-state index contributed by atoms with van der Waals surface area (Å²) < 4.78 is 25.7. The van der Waals surface area contributed by atoms with Crippen molar-refractivity contribution in [3.05, 3.63) is 33.1 Å². The van der Waals surface area contributed by atoms with Crippen molar-refractivity contribution >= 4 is 9.84 Å². The Balaban J connectivity index is 3.85. The summed E-state index contributed by atoms with van der Waals surface area (Å²) in [6.45, 7) is 10.8. The zero-order valence-corrected chi connectivity index (χ0v) is 14.1. The quantitative estimate of drug-likeness (QED) is 0.640. The van der Waals surface area contributed by atoms with E-state index in [1.54, 1.807) is 41.5 Å². The number of nitrogens with zero attached hydrogens (tertiary/aromatic N) is 2. The maximum atomic E-state index is 12.8. The molecule has 0 aromatic rings. The van der Waals surface area contributed by atoms with Gasteiger partial charge in [0.2, 0.25) is 0 Å². The number of sulfone groups is 1. The molecule has 0 saturated heterocycles. The summed E-state index contributed by atoms with van der Waals surface area (Å²) in [6, 6.07) is 3.65. The van der Waals surface area contributed by atoms with Crippen LogP contribution in [0.25, 0.3) is 0 Å². The third-order valence-corrected chi connectivity index (χ3v) is 5.76. The molecule has 0 spiro atoms. The second-order valence-electron chi connectivity index (χ2n) is 7.07. The summed E-state index contributed by atoms with van der Waals surface area (Å²) in [5, 5.41) is 18.1. The van der Waals surface area contributed by atoms with Crippen LogP contribution in [0.1, 0.15) is 41.5 Å². The van der Waals surface area contributed by atoms with E-state index >= 15 is 0 Å². The number of nitriles is 2. The van der Waals surface area contributed by atoms with Gasteiger partial charge in [-0.3, -0.25) is 0 Å². The highest BCUT2D eigenvalue weighted by Gasteiger charge is 2.39. The van der Waals surface area contributed by atoms with Gasteiger partial charge in [-0.25, -0.2) is 8.42 Å². The Morgan fingerprint density at radius 2 is 1.24 bits per heavy atom. The molecule has 0 unspecified atom stereocenters. The smallest absolute Gasteiger partial charge is 0.200 e. The van der Waals surface area contributed by atoms with E-state index in [2.05, 4.69) is 0 Å². The molecular formula is C16H20N2O2S. The van der Waals surface area contributed by atoms with Crippen LogP contribution in [0.4, 0.5) is 0 Å². The van der Waals surface area contributed by atoms with Gasteiger partial charge in [0.25, 0.3) is 0 Å². The molecule has 0 aromatic heterocycles. The SMILES string of the molecule is CC(C)(C)C1=CC(=C(C#N)C#N)C=C(C(C)(C)C)S1(=O)=O. The molecule has 0 bridgehead atoms. The van der Waals surface area contributed by atoms with Gasteiger partial charge in [-0.15, -0.1) is 0 Å². The molecule has 1 aliphatic heterocycles. The molecule has 21 heavy (non-hydrogen) atoms. The molecule has 0 radical (unpaired) electrons. The van der Waals surface area contributed by atoms with E-state index in [-0.39, 0.29) is 15.4 Å².